The van der Waals surface area contributed by atoms with Crippen molar-refractivity contribution in [1.29, 1.82) is 0 Å². The van der Waals surface area contributed by atoms with Gasteiger partial charge in [-0.2, -0.15) is 0 Å². The molecular weight excluding hydrogens is 67.3 g/mol. The molecule has 6 heavy (non-hydrogen) atoms. The van der Waals surface area contributed by atoms with Crippen LogP contribution in [0.3, 0.4) is 0 Å². The Morgan fingerprint density at radius 2 is 0.833 bits per heavy atom. The molecule has 4 heteroatoms. The van der Waals surface area contributed by atoms with E-state index < -0.39 is 0 Å². The normalized spacial score (nSPS) is 10.3. The van der Waals surface area contributed by atoms with Crippen molar-refractivity contribution in [2.75, 3.05) is 0 Å². The summed E-state index contributed by atoms with van der Waals surface area (Å²) in [5.41, 5.74) is 1.70. The van der Waals surface area contributed by atoms with Crippen LogP contribution in [-0.2, 0) is 0 Å². The molecule has 0 spiro atoms. The molecule has 0 N–H and O–H groups in total. The summed E-state index contributed by atoms with van der Waals surface area (Å²) in [6.07, 6.45) is 0. The molecule has 0 nitrogen and oxygen atoms in total. The molecule has 30 valence electrons. The monoisotopic (exact) mass is 78.1 g/mol. The molecule has 0 saturated carbocycles. The minimum Gasteiger partial charge on any atom is -0.107 e. The van der Waals surface area contributed by atoms with Gasteiger partial charge in [-0.25, -0.2) is 0 Å². The molecule has 0 aromatic heterocycles. The fraction of sp³-hybridized carbons (Fsp3) is 1.00. The van der Waals surface area contributed by atoms with Crippen LogP contribution in [0.25, 0.3) is 0 Å². The van der Waals surface area contributed by atoms with Gasteiger partial charge >= 0.3 is 0 Å². The maximum Gasteiger partial charge on any atom is 0.0945 e. The predicted molar refractivity (Wildman–Crippen MR) is 41.7 cm³/mol. The summed E-state index contributed by atoms with van der Waals surface area (Å²) in [6, 6.07) is 0. The molecule has 0 aliphatic rings. The number of hydrogen-bond acceptors (Lipinski definition) is 0. The van der Waals surface area contributed by atoms with Gasteiger partial charge in [0.15, 0.2) is 0 Å². The molecule has 0 saturated heterocycles. The second kappa shape index (κ2) is 2.44. The Hall–Kier alpha value is 0.260. The van der Waals surface area contributed by atoms with Gasteiger partial charge in [-0.15, -0.1) is 11.4 Å². The average molecular weight is 77.3 g/mol. The summed E-state index contributed by atoms with van der Waals surface area (Å²) in [5, 5.41) is 0. The van der Waals surface area contributed by atoms with Crippen molar-refractivity contribution in [2.24, 2.45) is 0 Å². The molecule has 0 unspecified atom stereocenters. The standard InChI is InChI=1S/C2H10B4/c3-1(4)2(5)6/h1-2H,3-6H2. The lowest BCUT2D eigenvalue weighted by molar-refractivity contribution is 1.25. The molecule has 0 aromatic rings. The second-order valence-electron chi connectivity index (χ2n) is 2.49. The first-order chi connectivity index (χ1) is 2.64. The van der Waals surface area contributed by atoms with Crippen molar-refractivity contribution in [3.05, 3.63) is 0 Å². The van der Waals surface area contributed by atoms with Gasteiger partial charge in [-0.1, -0.05) is 0 Å². The third-order valence-electron chi connectivity index (χ3n) is 1.33. The molecule has 0 amide bonds. The minimum absolute atomic E-state index is 0.852. The fourth-order valence-corrected chi connectivity index (χ4v) is 0. The second-order valence-corrected chi connectivity index (χ2v) is 2.49. The Bertz CT molecular complexity index is 26.5. The van der Waals surface area contributed by atoms with Crippen molar-refractivity contribution in [3.8, 4) is 0 Å². The van der Waals surface area contributed by atoms with E-state index in [1.807, 2.05) is 0 Å². The summed E-state index contributed by atoms with van der Waals surface area (Å²) in [4.78, 5) is 0. The van der Waals surface area contributed by atoms with Crippen LogP contribution in [0, 0.1) is 0 Å². The van der Waals surface area contributed by atoms with Gasteiger partial charge in [0.1, 0.15) is 0 Å². The summed E-state index contributed by atoms with van der Waals surface area (Å²) in [5.74, 6) is 0. The van der Waals surface area contributed by atoms with E-state index in [4.69, 9.17) is 0 Å². The molecule has 0 fully saturated rings. The highest BCUT2D eigenvalue weighted by molar-refractivity contribution is 6.48. The molecule has 0 heterocycles. The van der Waals surface area contributed by atoms with Crippen LogP contribution in [0.1, 0.15) is 0 Å². The highest BCUT2D eigenvalue weighted by Crippen LogP contribution is 2.04. The Labute approximate surface area is 43.7 Å². The van der Waals surface area contributed by atoms with Crippen LogP contribution in [0.5, 0.6) is 0 Å². The first kappa shape index (κ1) is 6.26. The zero-order chi connectivity index (χ0) is 5.15. The Kier molecular flexibility index (Phi) is 2.54. The van der Waals surface area contributed by atoms with Crippen LogP contribution in [0.2, 0.25) is 11.4 Å². The Morgan fingerprint density at radius 3 is 0.833 bits per heavy atom. The summed E-state index contributed by atoms with van der Waals surface area (Å²) in [6.45, 7) is 0. The lowest BCUT2D eigenvalue weighted by Gasteiger charge is -2.04. The van der Waals surface area contributed by atoms with Gasteiger partial charge in [0.2, 0.25) is 0 Å². The Morgan fingerprint density at radius 1 is 0.667 bits per heavy atom. The van der Waals surface area contributed by atoms with E-state index in [9.17, 15) is 0 Å². The van der Waals surface area contributed by atoms with E-state index in [1.54, 1.807) is 0 Å². The smallest absolute Gasteiger partial charge is 0.0945 e. The summed E-state index contributed by atoms with van der Waals surface area (Å²) < 4.78 is 0. The molecular formula is C2H10B4. The predicted octanol–water partition coefficient (Wildman–Crippen LogP) is -2.99. The zero-order valence-electron chi connectivity index (χ0n) is 5.15. The first-order valence-electron chi connectivity index (χ1n) is 2.64. The highest BCUT2D eigenvalue weighted by Gasteiger charge is 1.97. The van der Waals surface area contributed by atoms with Crippen LogP contribution >= 0.6 is 0 Å². The Balaban J connectivity index is 2.99. The molecule has 0 rings (SSSR count). The minimum atomic E-state index is 0.852. The molecule has 0 aliphatic carbocycles. The molecule has 0 atom stereocenters. The van der Waals surface area contributed by atoms with E-state index in [-0.39, 0.29) is 0 Å². The van der Waals surface area contributed by atoms with Crippen molar-refractivity contribution in [3.63, 3.8) is 0 Å². The lowest BCUT2D eigenvalue weighted by Crippen LogP contribution is -2.01. The first-order valence-corrected chi connectivity index (χ1v) is 2.64. The van der Waals surface area contributed by atoms with E-state index in [0.717, 1.165) is 11.4 Å². The van der Waals surface area contributed by atoms with Crippen molar-refractivity contribution >= 4 is 31.4 Å². The van der Waals surface area contributed by atoms with Gasteiger partial charge in [-0.05, 0) is 0 Å². The molecule has 0 bridgehead atoms. The van der Waals surface area contributed by atoms with Gasteiger partial charge in [-0.3, -0.25) is 0 Å². The van der Waals surface area contributed by atoms with Crippen LogP contribution in [0.15, 0.2) is 0 Å². The molecule has 0 aromatic carbocycles. The van der Waals surface area contributed by atoms with Gasteiger partial charge in [0.05, 0.1) is 31.4 Å². The fourth-order valence-electron chi connectivity index (χ4n) is 0. The van der Waals surface area contributed by atoms with Crippen LogP contribution < -0.4 is 0 Å². The van der Waals surface area contributed by atoms with E-state index in [0.29, 0.717) is 0 Å². The maximum absolute atomic E-state index is 2.24. The maximum atomic E-state index is 2.24. The van der Waals surface area contributed by atoms with Gasteiger partial charge in [0, 0.05) is 0 Å². The van der Waals surface area contributed by atoms with Crippen molar-refractivity contribution in [2.45, 2.75) is 11.4 Å². The van der Waals surface area contributed by atoms with E-state index in [2.05, 4.69) is 31.4 Å². The lowest BCUT2D eigenvalue weighted by atomic mass is 9.49. The topological polar surface area (TPSA) is 0 Å². The van der Waals surface area contributed by atoms with E-state index in [1.165, 1.54) is 0 Å². The third kappa shape index (κ3) is 2.49. The zero-order valence-corrected chi connectivity index (χ0v) is 5.15. The molecule has 0 radical (unpaired) electrons. The van der Waals surface area contributed by atoms with E-state index >= 15 is 0 Å². The third-order valence-corrected chi connectivity index (χ3v) is 1.33. The number of rotatable bonds is 1. The highest BCUT2D eigenvalue weighted by atomic mass is 13.7. The van der Waals surface area contributed by atoms with Crippen LogP contribution in [0.4, 0.5) is 0 Å². The van der Waals surface area contributed by atoms with Gasteiger partial charge in [0.25, 0.3) is 0 Å². The van der Waals surface area contributed by atoms with Crippen molar-refractivity contribution in [1.82, 2.24) is 0 Å². The number of hydrogen-bond donors (Lipinski definition) is 0. The summed E-state index contributed by atoms with van der Waals surface area (Å²) in [7, 11) is 8.96. The average Bonchev–Trinajstić information content (AvgIpc) is 1.36. The summed E-state index contributed by atoms with van der Waals surface area (Å²) >= 11 is 0. The quantitative estimate of drug-likeness (QED) is 0.293. The largest absolute Gasteiger partial charge is 0.107 e. The van der Waals surface area contributed by atoms with Gasteiger partial charge < -0.3 is 0 Å². The SMILES string of the molecule is BC(B)C(B)B. The van der Waals surface area contributed by atoms with Crippen LogP contribution in [-0.4, -0.2) is 31.4 Å². The van der Waals surface area contributed by atoms with Crippen molar-refractivity contribution < 1.29 is 0 Å². The molecule has 0 aliphatic heterocycles.